The Morgan fingerprint density at radius 3 is 2.35 bits per heavy atom. The van der Waals surface area contributed by atoms with Crippen LogP contribution in [-0.4, -0.2) is 25.2 Å². The van der Waals surface area contributed by atoms with Crippen molar-refractivity contribution in [1.29, 1.82) is 0 Å². The van der Waals surface area contributed by atoms with Gasteiger partial charge in [-0.15, -0.1) is 0 Å². The maximum atomic E-state index is 13.3. The molecule has 0 radical (unpaired) electrons. The van der Waals surface area contributed by atoms with Crippen LogP contribution >= 0.6 is 27.5 Å². The minimum Gasteiger partial charge on any atom is -0.325 e. The second-order valence-corrected chi connectivity index (χ2v) is 10.4. The lowest BCUT2D eigenvalue weighted by atomic mass is 10.1. The lowest BCUT2D eigenvalue weighted by molar-refractivity contribution is -0.116. The van der Waals surface area contributed by atoms with Gasteiger partial charge in [-0.1, -0.05) is 63.4 Å². The number of benzene rings is 3. The number of hydrogen-bond donors (Lipinski definition) is 1. The zero-order chi connectivity index (χ0) is 22.6. The van der Waals surface area contributed by atoms with E-state index in [1.54, 1.807) is 36.4 Å². The van der Waals surface area contributed by atoms with E-state index in [0.29, 0.717) is 16.3 Å². The molecule has 0 aliphatic rings. The Kier molecular flexibility index (Phi) is 7.54. The van der Waals surface area contributed by atoms with Crippen LogP contribution in [0.25, 0.3) is 0 Å². The fourth-order valence-electron chi connectivity index (χ4n) is 3.10. The van der Waals surface area contributed by atoms with Gasteiger partial charge in [0.05, 0.1) is 11.4 Å². The van der Waals surface area contributed by atoms with Crippen molar-refractivity contribution in [2.24, 2.45) is 0 Å². The highest BCUT2D eigenvalue weighted by atomic mass is 79.9. The Morgan fingerprint density at radius 2 is 1.71 bits per heavy atom. The van der Waals surface area contributed by atoms with Gasteiger partial charge in [0.15, 0.2) is 0 Å². The quantitative estimate of drug-likeness (QED) is 0.443. The molecule has 8 heteroatoms. The highest BCUT2D eigenvalue weighted by molar-refractivity contribution is 9.10. The molecule has 0 spiro atoms. The van der Waals surface area contributed by atoms with Crippen LogP contribution in [0.15, 0.2) is 76.1 Å². The number of nitrogens with zero attached hydrogens (tertiary/aromatic N) is 1. The van der Waals surface area contributed by atoms with Crippen LogP contribution in [0.1, 0.15) is 16.7 Å². The summed E-state index contributed by atoms with van der Waals surface area (Å²) in [5.74, 6) is -0.431. The first-order chi connectivity index (χ1) is 14.7. The predicted octanol–water partition coefficient (Wildman–Crippen LogP) is 5.55. The molecule has 5 nitrogen and oxygen atoms in total. The zero-order valence-electron chi connectivity index (χ0n) is 17.1. The summed E-state index contributed by atoms with van der Waals surface area (Å²) in [6, 6.07) is 18.9. The van der Waals surface area contributed by atoms with Gasteiger partial charge >= 0.3 is 0 Å². The van der Waals surface area contributed by atoms with E-state index in [1.165, 1.54) is 12.1 Å². The van der Waals surface area contributed by atoms with Gasteiger partial charge < -0.3 is 5.32 Å². The summed E-state index contributed by atoms with van der Waals surface area (Å²) in [6.07, 6.45) is 0. The van der Waals surface area contributed by atoms with Crippen LogP contribution in [0.3, 0.4) is 0 Å². The molecular formula is C23H22BrClN2O3S. The molecule has 0 saturated carbocycles. The van der Waals surface area contributed by atoms with E-state index in [-0.39, 0.29) is 18.0 Å². The first-order valence-corrected chi connectivity index (χ1v) is 12.1. The van der Waals surface area contributed by atoms with Crippen molar-refractivity contribution in [2.75, 3.05) is 11.9 Å². The third-order valence-corrected chi connectivity index (χ3v) is 7.44. The van der Waals surface area contributed by atoms with Gasteiger partial charge in [-0.25, -0.2) is 8.42 Å². The molecule has 0 aliphatic carbocycles. The summed E-state index contributed by atoms with van der Waals surface area (Å²) in [7, 11) is -3.94. The van der Waals surface area contributed by atoms with E-state index < -0.39 is 15.9 Å². The predicted molar refractivity (Wildman–Crippen MR) is 128 cm³/mol. The van der Waals surface area contributed by atoms with E-state index >= 15 is 0 Å². The molecule has 0 aliphatic heterocycles. The fourth-order valence-corrected chi connectivity index (χ4v) is 4.94. The van der Waals surface area contributed by atoms with E-state index in [2.05, 4.69) is 21.2 Å². The molecule has 0 unspecified atom stereocenters. The van der Waals surface area contributed by atoms with Crippen LogP contribution in [0.4, 0.5) is 5.69 Å². The van der Waals surface area contributed by atoms with Gasteiger partial charge in [0, 0.05) is 21.7 Å². The number of sulfonamides is 1. The van der Waals surface area contributed by atoms with Gasteiger partial charge in [0.1, 0.15) is 0 Å². The summed E-state index contributed by atoms with van der Waals surface area (Å²) in [6.45, 7) is 3.48. The Morgan fingerprint density at radius 1 is 1.03 bits per heavy atom. The van der Waals surface area contributed by atoms with Crippen molar-refractivity contribution in [3.8, 4) is 0 Å². The summed E-state index contributed by atoms with van der Waals surface area (Å²) in [4.78, 5) is 12.9. The average molecular weight is 522 g/mol. The first kappa shape index (κ1) is 23.5. The third-order valence-electron chi connectivity index (χ3n) is 4.73. The summed E-state index contributed by atoms with van der Waals surface area (Å²) >= 11 is 9.57. The zero-order valence-corrected chi connectivity index (χ0v) is 20.3. The molecule has 1 N–H and O–H groups in total. The molecule has 0 fully saturated rings. The number of carbonyl (C=O) groups is 1. The fraction of sp³-hybridized carbons (Fsp3) is 0.174. The average Bonchev–Trinajstić information content (AvgIpc) is 2.71. The minimum absolute atomic E-state index is 0.0294. The topological polar surface area (TPSA) is 66.5 Å². The number of amides is 1. The molecule has 31 heavy (non-hydrogen) atoms. The lowest BCUT2D eigenvalue weighted by Gasteiger charge is -2.23. The van der Waals surface area contributed by atoms with Gasteiger partial charge in [-0.2, -0.15) is 4.31 Å². The van der Waals surface area contributed by atoms with Crippen LogP contribution in [0, 0.1) is 13.8 Å². The summed E-state index contributed by atoms with van der Waals surface area (Å²) in [5, 5.41) is 3.25. The Hall–Kier alpha value is -2.19. The molecule has 3 aromatic rings. The van der Waals surface area contributed by atoms with E-state index in [9.17, 15) is 13.2 Å². The molecule has 162 valence electrons. The minimum atomic E-state index is -3.94. The first-order valence-electron chi connectivity index (χ1n) is 9.53. The highest BCUT2D eigenvalue weighted by Crippen LogP contribution is 2.24. The number of rotatable bonds is 7. The third kappa shape index (κ3) is 5.95. The van der Waals surface area contributed by atoms with Crippen molar-refractivity contribution < 1.29 is 13.2 Å². The number of carbonyl (C=O) groups excluding carboxylic acids is 1. The monoisotopic (exact) mass is 520 g/mol. The van der Waals surface area contributed by atoms with E-state index in [4.69, 9.17) is 11.6 Å². The molecular weight excluding hydrogens is 500 g/mol. The molecule has 3 rings (SSSR count). The maximum absolute atomic E-state index is 13.3. The molecule has 0 bridgehead atoms. The van der Waals surface area contributed by atoms with Gasteiger partial charge in [0.25, 0.3) is 0 Å². The van der Waals surface area contributed by atoms with Crippen LogP contribution in [0.5, 0.6) is 0 Å². The van der Waals surface area contributed by atoms with E-state index in [1.807, 2.05) is 32.0 Å². The molecule has 0 atom stereocenters. The Labute approximate surface area is 196 Å². The maximum Gasteiger partial charge on any atom is 0.243 e. The standard InChI is InChI=1S/C23H22BrClN2O3S/c1-16-7-12-22(17(2)13-16)26-23(28)15-27(14-18-5-3-4-6-21(18)25)31(29,30)20-10-8-19(24)9-11-20/h3-13H,14-15H2,1-2H3,(H,26,28). The van der Waals surface area contributed by atoms with Crippen LogP contribution in [0.2, 0.25) is 5.02 Å². The second kappa shape index (κ2) is 9.96. The SMILES string of the molecule is Cc1ccc(NC(=O)CN(Cc2ccccc2Cl)S(=O)(=O)c2ccc(Br)cc2)c(C)c1. The van der Waals surface area contributed by atoms with Crippen molar-refractivity contribution >= 4 is 49.1 Å². The van der Waals surface area contributed by atoms with Crippen LogP contribution < -0.4 is 5.32 Å². The van der Waals surface area contributed by atoms with Crippen molar-refractivity contribution in [3.05, 3.63) is 92.9 Å². The van der Waals surface area contributed by atoms with Gasteiger partial charge in [-0.05, 0) is 61.4 Å². The second-order valence-electron chi connectivity index (χ2n) is 7.18. The number of halogens is 2. The number of anilines is 1. The van der Waals surface area contributed by atoms with Crippen molar-refractivity contribution in [2.45, 2.75) is 25.3 Å². The molecule has 0 saturated heterocycles. The summed E-state index contributed by atoms with van der Waals surface area (Å²) < 4.78 is 28.6. The van der Waals surface area contributed by atoms with Crippen LogP contribution in [-0.2, 0) is 21.4 Å². The Balaban J connectivity index is 1.90. The van der Waals surface area contributed by atoms with Gasteiger partial charge in [0.2, 0.25) is 15.9 Å². The normalized spacial score (nSPS) is 11.5. The number of hydrogen-bond acceptors (Lipinski definition) is 3. The highest BCUT2D eigenvalue weighted by Gasteiger charge is 2.27. The molecule has 0 aromatic heterocycles. The molecule has 3 aromatic carbocycles. The van der Waals surface area contributed by atoms with Crippen molar-refractivity contribution in [3.63, 3.8) is 0 Å². The number of nitrogens with one attached hydrogen (secondary N) is 1. The smallest absolute Gasteiger partial charge is 0.243 e. The number of aryl methyl sites for hydroxylation is 2. The molecule has 0 heterocycles. The van der Waals surface area contributed by atoms with Crippen molar-refractivity contribution in [1.82, 2.24) is 4.31 Å². The largest absolute Gasteiger partial charge is 0.325 e. The van der Waals surface area contributed by atoms with E-state index in [0.717, 1.165) is 19.9 Å². The van der Waals surface area contributed by atoms with Gasteiger partial charge in [-0.3, -0.25) is 4.79 Å². The lowest BCUT2D eigenvalue weighted by Crippen LogP contribution is -2.37. The Bertz CT molecular complexity index is 1200. The molecule has 1 amide bonds. The summed E-state index contributed by atoms with van der Waals surface area (Å²) in [5.41, 5.74) is 3.24.